The lowest BCUT2D eigenvalue weighted by Gasteiger charge is -2.43. The minimum absolute atomic E-state index is 0.175. The van der Waals surface area contributed by atoms with Gasteiger partial charge in [0.15, 0.2) is 0 Å². The Bertz CT molecular complexity index is 1000. The van der Waals surface area contributed by atoms with Gasteiger partial charge in [-0.05, 0) is 46.5 Å². The molecule has 3 aromatic rings. The summed E-state index contributed by atoms with van der Waals surface area (Å²) in [6.07, 6.45) is 0.542. The third kappa shape index (κ3) is 6.32. The second kappa shape index (κ2) is 10.8. The minimum atomic E-state index is -3.04. The Labute approximate surface area is 202 Å². The summed E-state index contributed by atoms with van der Waals surface area (Å²) in [6, 6.07) is 26.3. The Balaban J connectivity index is 1.77. The number of hydrogen-bond donors (Lipinski definition) is 2. The van der Waals surface area contributed by atoms with Crippen molar-refractivity contribution >= 4 is 18.7 Å². The molecule has 0 heterocycles. The topological polar surface area (TPSA) is 41.5 Å². The van der Waals surface area contributed by atoms with Gasteiger partial charge in [0.25, 0.3) is 14.2 Å². The third-order valence-electron chi connectivity index (χ3n) is 6.08. The van der Waals surface area contributed by atoms with Crippen molar-refractivity contribution < 1.29 is 18.3 Å². The van der Waals surface area contributed by atoms with Gasteiger partial charge in [-0.3, -0.25) is 0 Å². The van der Waals surface area contributed by atoms with Crippen LogP contribution >= 0.6 is 0 Å². The molecule has 3 nitrogen and oxygen atoms in total. The maximum absolute atomic E-state index is 15.1. The Morgan fingerprint density at radius 1 is 0.882 bits per heavy atom. The van der Waals surface area contributed by atoms with Crippen LogP contribution in [0.4, 0.5) is 8.78 Å². The molecule has 3 aromatic carbocycles. The van der Waals surface area contributed by atoms with Crippen molar-refractivity contribution in [3.05, 3.63) is 90.5 Å². The van der Waals surface area contributed by atoms with E-state index >= 15 is 8.78 Å². The van der Waals surface area contributed by atoms with Gasteiger partial charge in [0.1, 0.15) is 5.75 Å². The summed E-state index contributed by atoms with van der Waals surface area (Å²) in [7, 11) is -3.02. The van der Waals surface area contributed by atoms with Crippen LogP contribution in [0.15, 0.2) is 84.9 Å². The first kappa shape index (κ1) is 26.1. The molecule has 0 spiro atoms. The van der Waals surface area contributed by atoms with Crippen LogP contribution in [-0.2, 0) is 10.8 Å². The molecule has 0 saturated carbocycles. The Hall–Kier alpha value is -2.54. The largest absolute Gasteiger partial charge is 0.508 e. The van der Waals surface area contributed by atoms with Gasteiger partial charge in [0.05, 0.1) is 13.2 Å². The number of phenols is 1. The van der Waals surface area contributed by atoms with E-state index in [1.165, 1.54) is 0 Å². The van der Waals surface area contributed by atoms with Gasteiger partial charge < -0.3 is 14.8 Å². The molecule has 0 aromatic heterocycles. The van der Waals surface area contributed by atoms with E-state index in [9.17, 15) is 5.11 Å². The summed E-state index contributed by atoms with van der Waals surface area (Å²) >= 11 is 0. The molecule has 0 aliphatic carbocycles. The highest BCUT2D eigenvalue weighted by atomic mass is 28.4. The van der Waals surface area contributed by atoms with E-state index in [4.69, 9.17) is 4.43 Å². The highest BCUT2D eigenvalue weighted by Gasteiger charge is 2.51. The molecule has 0 bridgehead atoms. The monoisotopic (exact) mass is 483 g/mol. The maximum Gasteiger partial charge on any atom is 0.281 e. The van der Waals surface area contributed by atoms with E-state index in [0.29, 0.717) is 6.42 Å². The molecule has 3 rings (SSSR count). The lowest BCUT2D eigenvalue weighted by atomic mass is 10.1. The highest BCUT2D eigenvalue weighted by Crippen LogP contribution is 2.37. The summed E-state index contributed by atoms with van der Waals surface area (Å²) in [4.78, 5) is 0. The summed E-state index contributed by atoms with van der Waals surface area (Å²) in [5.41, 5.74) is 0.895. The van der Waals surface area contributed by atoms with Gasteiger partial charge in [-0.25, -0.2) is 8.78 Å². The molecule has 0 unspecified atom stereocenters. The van der Waals surface area contributed by atoms with Gasteiger partial charge in [0.2, 0.25) is 0 Å². The fourth-order valence-electron chi connectivity index (χ4n) is 4.46. The fraction of sp³-hybridized carbons (Fsp3) is 0.357. The zero-order chi connectivity index (χ0) is 24.8. The van der Waals surface area contributed by atoms with Crippen molar-refractivity contribution in [2.45, 2.75) is 51.1 Å². The quantitative estimate of drug-likeness (QED) is 0.393. The number of rotatable bonds is 10. The Kier molecular flexibility index (Phi) is 8.28. The lowest BCUT2D eigenvalue weighted by Crippen LogP contribution is -2.67. The van der Waals surface area contributed by atoms with E-state index in [1.807, 2.05) is 73.7 Å². The zero-order valence-corrected chi connectivity index (χ0v) is 21.4. The third-order valence-corrected chi connectivity index (χ3v) is 11.1. The standard InChI is InChI=1S/C28H35F2NO2Si/c1-22(18-23-12-11-13-24(32)19-23)31-20-28(29,30)21-33-34(27(2,3)4,25-14-7-5-8-15-25)26-16-9-6-10-17-26/h5-17,19,22,31-32H,18,20-21H2,1-4H3/t22-/m1/s1. The van der Waals surface area contributed by atoms with Crippen LogP contribution in [0.2, 0.25) is 5.04 Å². The average molecular weight is 484 g/mol. The van der Waals surface area contributed by atoms with E-state index in [2.05, 4.69) is 26.1 Å². The highest BCUT2D eigenvalue weighted by molar-refractivity contribution is 6.99. The second-order valence-electron chi connectivity index (χ2n) is 9.96. The molecule has 2 N–H and O–H groups in total. The Morgan fingerprint density at radius 3 is 1.94 bits per heavy atom. The van der Waals surface area contributed by atoms with E-state index in [-0.39, 0.29) is 16.8 Å². The van der Waals surface area contributed by atoms with Crippen LogP contribution in [-0.4, -0.2) is 38.5 Å². The van der Waals surface area contributed by atoms with Gasteiger partial charge in [0, 0.05) is 6.04 Å². The number of benzene rings is 3. The van der Waals surface area contributed by atoms with E-state index in [1.54, 1.807) is 18.2 Å². The molecule has 6 heteroatoms. The molecule has 0 saturated heterocycles. The molecule has 0 amide bonds. The van der Waals surface area contributed by atoms with Crippen LogP contribution in [0, 0.1) is 0 Å². The van der Waals surface area contributed by atoms with Crippen molar-refractivity contribution in [2.24, 2.45) is 0 Å². The van der Waals surface area contributed by atoms with Crippen LogP contribution in [0.3, 0.4) is 0 Å². The summed E-state index contributed by atoms with van der Waals surface area (Å²) in [6.45, 7) is 6.95. The number of alkyl halides is 2. The van der Waals surface area contributed by atoms with Gasteiger partial charge in [-0.15, -0.1) is 0 Å². The predicted octanol–water partition coefficient (Wildman–Crippen LogP) is 5.12. The SMILES string of the molecule is C[C@H](Cc1cccc(O)c1)NCC(F)(F)CO[Si](c1ccccc1)(c1ccccc1)C(C)(C)C. The summed E-state index contributed by atoms with van der Waals surface area (Å²) < 4.78 is 36.7. The second-order valence-corrected chi connectivity index (χ2v) is 14.3. The molecule has 0 aliphatic heterocycles. The van der Waals surface area contributed by atoms with Crippen molar-refractivity contribution in [3.63, 3.8) is 0 Å². The molecule has 0 aliphatic rings. The zero-order valence-electron chi connectivity index (χ0n) is 20.4. The first-order valence-electron chi connectivity index (χ1n) is 11.7. The van der Waals surface area contributed by atoms with Crippen LogP contribution < -0.4 is 15.7 Å². The van der Waals surface area contributed by atoms with E-state index in [0.717, 1.165) is 15.9 Å². The van der Waals surface area contributed by atoms with Crippen LogP contribution in [0.5, 0.6) is 5.75 Å². The number of aromatic hydroxyl groups is 1. The van der Waals surface area contributed by atoms with Crippen LogP contribution in [0.25, 0.3) is 0 Å². The molecular weight excluding hydrogens is 448 g/mol. The average Bonchev–Trinajstić information content (AvgIpc) is 2.79. The minimum Gasteiger partial charge on any atom is -0.508 e. The first-order valence-corrected chi connectivity index (χ1v) is 13.6. The van der Waals surface area contributed by atoms with Crippen molar-refractivity contribution in [3.8, 4) is 5.75 Å². The predicted molar refractivity (Wildman–Crippen MR) is 138 cm³/mol. The number of halogens is 2. The smallest absolute Gasteiger partial charge is 0.281 e. The van der Waals surface area contributed by atoms with E-state index < -0.39 is 27.4 Å². The van der Waals surface area contributed by atoms with Crippen LogP contribution in [0.1, 0.15) is 33.3 Å². The number of hydrogen-bond acceptors (Lipinski definition) is 3. The molecule has 182 valence electrons. The summed E-state index contributed by atoms with van der Waals surface area (Å²) in [5.74, 6) is -2.87. The molecule has 0 fully saturated rings. The van der Waals surface area contributed by atoms with Crippen molar-refractivity contribution in [2.75, 3.05) is 13.2 Å². The van der Waals surface area contributed by atoms with Crippen molar-refractivity contribution in [1.29, 1.82) is 0 Å². The number of phenolic OH excluding ortho intramolecular Hbond substituents is 1. The molecule has 34 heavy (non-hydrogen) atoms. The fourth-order valence-corrected chi connectivity index (χ4v) is 9.04. The summed E-state index contributed by atoms with van der Waals surface area (Å²) in [5, 5.41) is 14.2. The maximum atomic E-state index is 15.1. The molecular formula is C28H35F2NO2Si. The normalized spacial score (nSPS) is 13.6. The number of nitrogens with one attached hydrogen (secondary N) is 1. The van der Waals surface area contributed by atoms with Gasteiger partial charge >= 0.3 is 0 Å². The molecule has 0 radical (unpaired) electrons. The van der Waals surface area contributed by atoms with Gasteiger partial charge in [-0.1, -0.05) is 93.6 Å². The first-order chi connectivity index (χ1) is 16.0. The lowest BCUT2D eigenvalue weighted by molar-refractivity contribution is -0.0433. The Morgan fingerprint density at radius 2 is 1.44 bits per heavy atom. The van der Waals surface area contributed by atoms with Crippen molar-refractivity contribution in [1.82, 2.24) is 5.32 Å². The van der Waals surface area contributed by atoms with Gasteiger partial charge in [-0.2, -0.15) is 0 Å². The molecule has 1 atom stereocenters.